The minimum absolute atomic E-state index is 0.130. The smallest absolute Gasteiger partial charge is 0.253 e. The second-order valence-electron chi connectivity index (χ2n) is 7.79. The van der Waals surface area contributed by atoms with Crippen molar-refractivity contribution in [1.29, 1.82) is 0 Å². The van der Waals surface area contributed by atoms with E-state index >= 15 is 0 Å². The molecule has 1 amide bonds. The van der Waals surface area contributed by atoms with E-state index in [1.54, 1.807) is 24.5 Å². The van der Waals surface area contributed by atoms with Crippen LogP contribution < -0.4 is 0 Å². The van der Waals surface area contributed by atoms with E-state index in [0.29, 0.717) is 18.7 Å². The Hall–Kier alpha value is -2.24. The lowest BCUT2D eigenvalue weighted by atomic mass is 10.0. The lowest BCUT2D eigenvalue weighted by Gasteiger charge is -2.39. The number of carbonyl (C=O) groups excluding carboxylic acids is 1. The Kier molecular flexibility index (Phi) is 6.34. The number of hydrogen-bond donors (Lipinski definition) is 0. The molecule has 2 aromatic rings. The lowest BCUT2D eigenvalue weighted by molar-refractivity contribution is 0.0314. The van der Waals surface area contributed by atoms with Crippen LogP contribution in [-0.2, 0) is 11.3 Å². The number of carbonyl (C=O) groups is 1. The number of benzene rings is 1. The van der Waals surface area contributed by atoms with Crippen LogP contribution in [0.25, 0.3) is 0 Å². The summed E-state index contributed by atoms with van der Waals surface area (Å²) < 4.78 is 6.03. The zero-order valence-electron chi connectivity index (χ0n) is 16.4. The van der Waals surface area contributed by atoms with Crippen molar-refractivity contribution < 1.29 is 9.53 Å². The van der Waals surface area contributed by atoms with Crippen LogP contribution in [0.3, 0.4) is 0 Å². The van der Waals surface area contributed by atoms with Crippen molar-refractivity contribution in [2.45, 2.75) is 44.4 Å². The largest absolute Gasteiger partial charge is 0.375 e. The molecule has 0 N–H and O–H groups in total. The average Bonchev–Trinajstić information content (AvgIpc) is 3.23. The molecule has 4 rings (SSSR count). The topological polar surface area (TPSA) is 45.7 Å². The van der Waals surface area contributed by atoms with E-state index < -0.39 is 0 Å². The summed E-state index contributed by atoms with van der Waals surface area (Å²) in [6.07, 6.45) is 7.92. The highest BCUT2D eigenvalue weighted by atomic mass is 16.5. The first-order valence-electron chi connectivity index (χ1n) is 10.4. The standard InChI is InChI=1S/C23H29N3O2/c27-23(20-8-12-24-13-9-20)25-15-10-21(11-16-25)26-14-4-7-22(26)18-28-17-19-5-2-1-3-6-19/h1-3,5-6,8-9,12-13,21-22H,4,7,10-11,14-18H2. The van der Waals surface area contributed by atoms with Crippen LogP contribution >= 0.6 is 0 Å². The Morgan fingerprint density at radius 1 is 1.00 bits per heavy atom. The van der Waals surface area contributed by atoms with Crippen molar-refractivity contribution in [1.82, 2.24) is 14.8 Å². The molecule has 3 heterocycles. The van der Waals surface area contributed by atoms with Crippen molar-refractivity contribution in [3.05, 3.63) is 66.0 Å². The molecule has 2 saturated heterocycles. The van der Waals surface area contributed by atoms with Gasteiger partial charge in [0.2, 0.25) is 0 Å². The Balaban J connectivity index is 1.26. The van der Waals surface area contributed by atoms with Gasteiger partial charge in [-0.15, -0.1) is 0 Å². The molecular formula is C23H29N3O2. The second kappa shape index (κ2) is 9.30. The summed E-state index contributed by atoms with van der Waals surface area (Å²) in [5.74, 6) is 0.130. The van der Waals surface area contributed by atoms with Crippen LogP contribution in [0.5, 0.6) is 0 Å². The van der Waals surface area contributed by atoms with E-state index in [1.165, 1.54) is 18.4 Å². The van der Waals surface area contributed by atoms with E-state index in [2.05, 4.69) is 34.1 Å². The fourth-order valence-electron chi connectivity index (χ4n) is 4.48. The molecule has 0 spiro atoms. The summed E-state index contributed by atoms with van der Waals surface area (Å²) >= 11 is 0. The molecule has 0 aliphatic carbocycles. The first kappa shape index (κ1) is 19.1. The molecule has 1 aromatic carbocycles. The predicted octanol–water partition coefficient (Wildman–Crippen LogP) is 3.37. The third kappa shape index (κ3) is 4.59. The minimum atomic E-state index is 0.130. The number of amides is 1. The van der Waals surface area contributed by atoms with Gasteiger partial charge in [0.1, 0.15) is 0 Å². The molecule has 0 bridgehead atoms. The Labute approximate surface area is 167 Å². The van der Waals surface area contributed by atoms with Gasteiger partial charge in [-0.2, -0.15) is 0 Å². The number of pyridine rings is 1. The van der Waals surface area contributed by atoms with Gasteiger partial charge < -0.3 is 9.64 Å². The molecule has 5 heteroatoms. The predicted molar refractivity (Wildman–Crippen MR) is 109 cm³/mol. The molecule has 28 heavy (non-hydrogen) atoms. The monoisotopic (exact) mass is 379 g/mol. The van der Waals surface area contributed by atoms with Crippen LogP contribution in [0.15, 0.2) is 54.9 Å². The number of hydrogen-bond acceptors (Lipinski definition) is 4. The molecule has 1 aromatic heterocycles. The molecule has 1 atom stereocenters. The summed E-state index contributed by atoms with van der Waals surface area (Å²) in [7, 11) is 0. The van der Waals surface area contributed by atoms with Gasteiger partial charge >= 0.3 is 0 Å². The first-order chi connectivity index (χ1) is 13.8. The maximum atomic E-state index is 12.6. The maximum Gasteiger partial charge on any atom is 0.253 e. The van der Waals surface area contributed by atoms with Crippen LogP contribution in [-0.4, -0.2) is 59.0 Å². The van der Waals surface area contributed by atoms with Gasteiger partial charge in [-0.05, 0) is 49.9 Å². The third-order valence-corrected chi connectivity index (χ3v) is 5.99. The summed E-state index contributed by atoms with van der Waals surface area (Å²) in [6.45, 7) is 4.30. The van der Waals surface area contributed by atoms with E-state index in [4.69, 9.17) is 4.74 Å². The Bertz CT molecular complexity index is 745. The van der Waals surface area contributed by atoms with Gasteiger partial charge in [-0.1, -0.05) is 30.3 Å². The summed E-state index contributed by atoms with van der Waals surface area (Å²) in [4.78, 5) is 21.3. The fraction of sp³-hybridized carbons (Fsp3) is 0.478. The third-order valence-electron chi connectivity index (χ3n) is 5.99. The fourth-order valence-corrected chi connectivity index (χ4v) is 4.48. The van der Waals surface area contributed by atoms with E-state index in [1.807, 2.05) is 11.0 Å². The SMILES string of the molecule is O=C(c1ccncc1)N1CCC(N2CCCC2COCc2ccccc2)CC1. The van der Waals surface area contributed by atoms with Crippen molar-refractivity contribution in [3.63, 3.8) is 0 Å². The van der Waals surface area contributed by atoms with Gasteiger partial charge in [0, 0.05) is 43.1 Å². The number of piperidine rings is 1. The molecule has 2 aliphatic heterocycles. The molecule has 0 radical (unpaired) electrons. The summed E-state index contributed by atoms with van der Waals surface area (Å²) in [5.41, 5.74) is 1.97. The highest BCUT2D eigenvalue weighted by molar-refractivity contribution is 5.94. The average molecular weight is 380 g/mol. The molecular weight excluding hydrogens is 350 g/mol. The second-order valence-corrected chi connectivity index (χ2v) is 7.79. The van der Waals surface area contributed by atoms with E-state index in [-0.39, 0.29) is 5.91 Å². The zero-order valence-corrected chi connectivity index (χ0v) is 16.4. The number of likely N-dealkylation sites (tertiary alicyclic amines) is 2. The van der Waals surface area contributed by atoms with E-state index in [0.717, 1.165) is 44.6 Å². The Morgan fingerprint density at radius 2 is 1.75 bits per heavy atom. The first-order valence-corrected chi connectivity index (χ1v) is 10.4. The number of nitrogens with zero attached hydrogens (tertiary/aromatic N) is 3. The van der Waals surface area contributed by atoms with Crippen molar-refractivity contribution in [2.24, 2.45) is 0 Å². The highest BCUT2D eigenvalue weighted by Crippen LogP contribution is 2.27. The summed E-state index contributed by atoms with van der Waals surface area (Å²) in [6, 6.07) is 15.1. The van der Waals surface area contributed by atoms with Crippen molar-refractivity contribution in [3.8, 4) is 0 Å². The molecule has 5 nitrogen and oxygen atoms in total. The van der Waals surface area contributed by atoms with Crippen LogP contribution in [0.1, 0.15) is 41.6 Å². The van der Waals surface area contributed by atoms with Gasteiger partial charge in [0.25, 0.3) is 5.91 Å². The van der Waals surface area contributed by atoms with Gasteiger partial charge in [0.05, 0.1) is 13.2 Å². The van der Waals surface area contributed by atoms with Gasteiger partial charge in [-0.3, -0.25) is 14.7 Å². The Morgan fingerprint density at radius 3 is 2.50 bits per heavy atom. The van der Waals surface area contributed by atoms with Crippen LogP contribution in [0.2, 0.25) is 0 Å². The van der Waals surface area contributed by atoms with E-state index in [9.17, 15) is 4.79 Å². The minimum Gasteiger partial charge on any atom is -0.375 e. The molecule has 1 unspecified atom stereocenters. The van der Waals surface area contributed by atoms with Crippen LogP contribution in [0, 0.1) is 0 Å². The normalized spacial score (nSPS) is 21.1. The molecule has 0 saturated carbocycles. The quantitative estimate of drug-likeness (QED) is 0.772. The number of ether oxygens (including phenoxy) is 1. The van der Waals surface area contributed by atoms with Gasteiger partial charge in [0.15, 0.2) is 0 Å². The van der Waals surface area contributed by atoms with Crippen molar-refractivity contribution in [2.75, 3.05) is 26.2 Å². The zero-order chi connectivity index (χ0) is 19.2. The highest BCUT2D eigenvalue weighted by Gasteiger charge is 2.33. The molecule has 2 fully saturated rings. The molecule has 148 valence electrons. The lowest BCUT2D eigenvalue weighted by Crippen LogP contribution is -2.49. The number of aromatic nitrogens is 1. The number of rotatable bonds is 6. The van der Waals surface area contributed by atoms with Crippen molar-refractivity contribution >= 4 is 5.91 Å². The van der Waals surface area contributed by atoms with Crippen LogP contribution in [0.4, 0.5) is 0 Å². The maximum absolute atomic E-state index is 12.6. The van der Waals surface area contributed by atoms with Gasteiger partial charge in [-0.25, -0.2) is 0 Å². The summed E-state index contributed by atoms with van der Waals surface area (Å²) in [5, 5.41) is 0. The molecule has 2 aliphatic rings.